The highest BCUT2D eigenvalue weighted by atomic mass is 32.1. The second-order valence-corrected chi connectivity index (χ2v) is 17.5. The van der Waals surface area contributed by atoms with Gasteiger partial charge in [0.1, 0.15) is 0 Å². The van der Waals surface area contributed by atoms with Crippen molar-refractivity contribution < 1.29 is 0 Å². The third-order valence-electron chi connectivity index (χ3n) is 13.3. The van der Waals surface area contributed by atoms with Gasteiger partial charge in [-0.2, -0.15) is 0 Å². The summed E-state index contributed by atoms with van der Waals surface area (Å²) in [6.45, 7) is 0. The monoisotopic (exact) mass is 791 g/mol. The molecule has 284 valence electrons. The molecule has 1 heterocycles. The third kappa shape index (κ3) is 5.00. The Balaban J connectivity index is 1.01. The lowest BCUT2D eigenvalue weighted by Gasteiger charge is -2.32. The molecule has 0 fully saturated rings. The van der Waals surface area contributed by atoms with Crippen LogP contribution in [0.25, 0.3) is 75.5 Å². The number of thiophene rings is 1. The zero-order valence-electron chi connectivity index (χ0n) is 33.2. The van der Waals surface area contributed by atoms with Crippen LogP contribution in [0.2, 0.25) is 0 Å². The van der Waals surface area contributed by atoms with E-state index in [-0.39, 0.29) is 0 Å². The number of benzene rings is 10. The maximum absolute atomic E-state index is 2.49. The largest absolute Gasteiger partial charge is 0.310 e. The predicted molar refractivity (Wildman–Crippen MR) is 259 cm³/mol. The molecule has 0 saturated heterocycles. The van der Waals surface area contributed by atoms with E-state index in [1.807, 2.05) is 11.3 Å². The molecular weight excluding hydrogens is 755 g/mol. The first-order chi connectivity index (χ1) is 30.2. The normalized spacial score (nSPS) is 13.0. The van der Waals surface area contributed by atoms with Gasteiger partial charge in [-0.05, 0) is 126 Å². The molecule has 0 radical (unpaired) electrons. The Morgan fingerprint density at radius 1 is 0.295 bits per heavy atom. The third-order valence-corrected chi connectivity index (χ3v) is 14.4. The molecule has 0 amide bonds. The smallest absolute Gasteiger partial charge is 0.0726 e. The van der Waals surface area contributed by atoms with Crippen LogP contribution in [0, 0.1) is 0 Å². The Labute approximate surface area is 359 Å². The zero-order valence-corrected chi connectivity index (χ0v) is 34.0. The first-order valence-electron chi connectivity index (χ1n) is 21.1. The number of fused-ring (bicyclic) bond motifs is 14. The Kier molecular flexibility index (Phi) is 7.46. The van der Waals surface area contributed by atoms with Crippen LogP contribution in [-0.2, 0) is 5.41 Å². The zero-order chi connectivity index (χ0) is 40.1. The average molecular weight is 792 g/mol. The van der Waals surface area contributed by atoms with Gasteiger partial charge in [-0.1, -0.05) is 176 Å². The van der Waals surface area contributed by atoms with Crippen LogP contribution in [0.1, 0.15) is 22.3 Å². The molecule has 2 aliphatic rings. The van der Waals surface area contributed by atoms with Crippen molar-refractivity contribution in [2.45, 2.75) is 5.41 Å². The quantitative estimate of drug-likeness (QED) is 0.168. The molecule has 2 aliphatic carbocycles. The van der Waals surface area contributed by atoms with E-state index in [0.717, 1.165) is 17.1 Å². The molecule has 1 aromatic heterocycles. The van der Waals surface area contributed by atoms with Crippen molar-refractivity contribution in [1.29, 1.82) is 0 Å². The van der Waals surface area contributed by atoms with Crippen LogP contribution in [-0.4, -0.2) is 0 Å². The fraction of sp³-hybridized carbons (Fsp3) is 0.0169. The Morgan fingerprint density at radius 2 is 0.820 bits per heavy atom. The fourth-order valence-electron chi connectivity index (χ4n) is 10.7. The van der Waals surface area contributed by atoms with Crippen LogP contribution in [0.5, 0.6) is 0 Å². The fourth-order valence-corrected chi connectivity index (χ4v) is 11.8. The molecule has 0 N–H and O–H groups in total. The lowest BCUT2D eigenvalue weighted by atomic mass is 9.70. The number of rotatable bonds is 5. The van der Waals surface area contributed by atoms with Crippen molar-refractivity contribution in [3.05, 3.63) is 247 Å². The Hall–Kier alpha value is -7.52. The van der Waals surface area contributed by atoms with Gasteiger partial charge in [-0.25, -0.2) is 0 Å². The van der Waals surface area contributed by atoms with Crippen LogP contribution >= 0.6 is 11.3 Å². The molecule has 0 aliphatic heterocycles. The van der Waals surface area contributed by atoms with Gasteiger partial charge in [0, 0.05) is 37.2 Å². The molecule has 61 heavy (non-hydrogen) atoms. The van der Waals surface area contributed by atoms with Crippen LogP contribution in [0.3, 0.4) is 0 Å². The van der Waals surface area contributed by atoms with E-state index in [1.165, 1.54) is 97.7 Å². The van der Waals surface area contributed by atoms with Gasteiger partial charge in [0.05, 0.1) is 5.41 Å². The number of hydrogen-bond acceptors (Lipinski definition) is 2. The highest BCUT2D eigenvalue weighted by Gasteiger charge is 2.51. The van der Waals surface area contributed by atoms with E-state index in [0.29, 0.717) is 0 Å². The van der Waals surface area contributed by atoms with E-state index >= 15 is 0 Å². The summed E-state index contributed by atoms with van der Waals surface area (Å²) in [6, 6.07) is 83.6. The molecular formula is C59H37NS. The number of hydrogen-bond donors (Lipinski definition) is 0. The van der Waals surface area contributed by atoms with Crippen LogP contribution in [0.4, 0.5) is 17.1 Å². The molecule has 13 rings (SSSR count). The van der Waals surface area contributed by atoms with Crippen molar-refractivity contribution in [3.8, 4) is 44.5 Å². The SMILES string of the molecule is c1cc(-c2ccc3c(c2)sc2ccccc23)cc(N(c2ccc(-c3cccc4ccccc34)cc2)c2ccc3c(c2)C2(c4ccccc4-c4ccccc42)c2ccccc2-3)c1. The van der Waals surface area contributed by atoms with Gasteiger partial charge in [0.2, 0.25) is 0 Å². The molecule has 11 aromatic rings. The van der Waals surface area contributed by atoms with E-state index in [1.54, 1.807) is 0 Å². The topological polar surface area (TPSA) is 3.24 Å². The van der Waals surface area contributed by atoms with E-state index in [9.17, 15) is 0 Å². The van der Waals surface area contributed by atoms with Gasteiger partial charge < -0.3 is 4.90 Å². The summed E-state index contributed by atoms with van der Waals surface area (Å²) in [7, 11) is 0. The summed E-state index contributed by atoms with van der Waals surface area (Å²) >= 11 is 1.87. The van der Waals surface area contributed by atoms with Gasteiger partial charge in [-0.15, -0.1) is 11.3 Å². The molecule has 10 aromatic carbocycles. The van der Waals surface area contributed by atoms with E-state index in [4.69, 9.17) is 0 Å². The maximum atomic E-state index is 2.49. The summed E-state index contributed by atoms with van der Waals surface area (Å²) in [5.41, 5.74) is 18.4. The van der Waals surface area contributed by atoms with E-state index in [2.05, 4.69) is 229 Å². The van der Waals surface area contributed by atoms with E-state index < -0.39 is 5.41 Å². The molecule has 1 nitrogen and oxygen atoms in total. The number of anilines is 3. The minimum Gasteiger partial charge on any atom is -0.310 e. The Morgan fingerprint density at radius 3 is 1.57 bits per heavy atom. The number of nitrogens with zero attached hydrogens (tertiary/aromatic N) is 1. The van der Waals surface area contributed by atoms with Crippen molar-refractivity contribution >= 4 is 59.3 Å². The molecule has 0 saturated carbocycles. The van der Waals surface area contributed by atoms with Gasteiger partial charge in [0.15, 0.2) is 0 Å². The van der Waals surface area contributed by atoms with Gasteiger partial charge in [0.25, 0.3) is 0 Å². The molecule has 0 unspecified atom stereocenters. The first kappa shape index (κ1) is 34.4. The minimum absolute atomic E-state index is 0.430. The van der Waals surface area contributed by atoms with Crippen LogP contribution in [0.15, 0.2) is 224 Å². The highest BCUT2D eigenvalue weighted by Crippen LogP contribution is 2.63. The standard InChI is InChI=1S/C59H37NS/c1-2-17-45-38(13-1)14-12-22-46(45)39-27-30-42(31-28-39)60(43-16-11-15-40(35-43)41-29-33-52-51-21-6-10-26-57(51)61-58(52)36-41)44-32-34-50-49-20-5-9-25-55(49)59(56(50)37-44)53-23-7-3-18-47(53)48-19-4-8-24-54(48)59/h1-37H. The first-order valence-corrected chi connectivity index (χ1v) is 21.9. The molecule has 1 spiro atoms. The minimum atomic E-state index is -0.430. The maximum Gasteiger partial charge on any atom is 0.0726 e. The van der Waals surface area contributed by atoms with Crippen molar-refractivity contribution in [2.24, 2.45) is 0 Å². The second-order valence-electron chi connectivity index (χ2n) is 16.4. The summed E-state index contributed by atoms with van der Waals surface area (Å²) in [5.74, 6) is 0. The summed E-state index contributed by atoms with van der Waals surface area (Å²) < 4.78 is 2.64. The second kappa shape index (κ2) is 13.2. The summed E-state index contributed by atoms with van der Waals surface area (Å²) in [6.07, 6.45) is 0. The van der Waals surface area contributed by atoms with Crippen molar-refractivity contribution in [1.82, 2.24) is 0 Å². The van der Waals surface area contributed by atoms with Gasteiger partial charge in [-0.3, -0.25) is 0 Å². The summed E-state index contributed by atoms with van der Waals surface area (Å²) in [5, 5.41) is 5.15. The lowest BCUT2D eigenvalue weighted by molar-refractivity contribution is 0.793. The Bertz CT molecular complexity index is 3490. The van der Waals surface area contributed by atoms with Gasteiger partial charge >= 0.3 is 0 Å². The van der Waals surface area contributed by atoms with Crippen LogP contribution < -0.4 is 4.90 Å². The molecule has 0 atom stereocenters. The average Bonchev–Trinajstić information content (AvgIpc) is 3.95. The highest BCUT2D eigenvalue weighted by molar-refractivity contribution is 7.25. The molecule has 2 heteroatoms. The van der Waals surface area contributed by atoms with Crippen molar-refractivity contribution in [2.75, 3.05) is 4.90 Å². The van der Waals surface area contributed by atoms with Crippen molar-refractivity contribution in [3.63, 3.8) is 0 Å². The summed E-state index contributed by atoms with van der Waals surface area (Å²) in [4.78, 5) is 2.46. The molecule has 0 bridgehead atoms. The predicted octanol–water partition coefficient (Wildman–Crippen LogP) is 16.4. The lowest BCUT2D eigenvalue weighted by Crippen LogP contribution is -2.26.